The standard InChI is InChI=1S/C22H32O3/c23-21(17-11-5-3-6-12-17)22(18-13-7-4-8-14-18)24-19-15-9-1-2-10-16-20(19)25-22/h4,7-8,13-14,17,19-21,23H,1-3,5-6,9-12,15-16H2/t19-,20-,21?/m1/s1. The van der Waals surface area contributed by atoms with Gasteiger partial charge in [-0.2, -0.15) is 0 Å². The van der Waals surface area contributed by atoms with E-state index in [4.69, 9.17) is 9.47 Å². The van der Waals surface area contributed by atoms with Crippen molar-refractivity contribution in [3.8, 4) is 0 Å². The fraction of sp³-hybridized carbons (Fsp3) is 0.727. The lowest BCUT2D eigenvalue weighted by Gasteiger charge is -2.39. The minimum atomic E-state index is -0.969. The molecule has 0 aromatic heterocycles. The largest absolute Gasteiger partial charge is 0.387 e. The van der Waals surface area contributed by atoms with Gasteiger partial charge in [0.05, 0.1) is 12.2 Å². The van der Waals surface area contributed by atoms with Crippen molar-refractivity contribution >= 4 is 0 Å². The molecule has 1 saturated heterocycles. The molecular weight excluding hydrogens is 312 g/mol. The zero-order valence-electron chi connectivity index (χ0n) is 15.2. The molecule has 138 valence electrons. The molecule has 3 atom stereocenters. The van der Waals surface area contributed by atoms with Gasteiger partial charge in [0.1, 0.15) is 6.10 Å². The van der Waals surface area contributed by atoms with E-state index in [0.29, 0.717) is 0 Å². The molecule has 0 spiro atoms. The third-order valence-corrected chi connectivity index (χ3v) is 6.46. The maximum absolute atomic E-state index is 11.4. The first-order chi connectivity index (χ1) is 12.3. The van der Waals surface area contributed by atoms with Gasteiger partial charge in [-0.25, -0.2) is 0 Å². The third-order valence-electron chi connectivity index (χ3n) is 6.46. The Labute approximate surface area is 151 Å². The van der Waals surface area contributed by atoms with Crippen LogP contribution >= 0.6 is 0 Å². The van der Waals surface area contributed by atoms with E-state index in [1.807, 2.05) is 18.2 Å². The third kappa shape index (κ3) is 3.51. The van der Waals surface area contributed by atoms with Crippen LogP contribution in [0.3, 0.4) is 0 Å². The summed E-state index contributed by atoms with van der Waals surface area (Å²) in [5.41, 5.74) is 0.986. The van der Waals surface area contributed by atoms with Crippen molar-refractivity contribution in [2.75, 3.05) is 0 Å². The van der Waals surface area contributed by atoms with Gasteiger partial charge in [0, 0.05) is 5.56 Å². The average Bonchev–Trinajstić information content (AvgIpc) is 3.01. The van der Waals surface area contributed by atoms with Crippen molar-refractivity contribution in [3.63, 3.8) is 0 Å². The molecule has 1 aromatic rings. The Morgan fingerprint density at radius 1 is 0.760 bits per heavy atom. The van der Waals surface area contributed by atoms with Crippen LogP contribution in [0.1, 0.15) is 76.2 Å². The van der Waals surface area contributed by atoms with Crippen LogP contribution in [-0.2, 0) is 15.3 Å². The highest BCUT2D eigenvalue weighted by molar-refractivity contribution is 5.23. The van der Waals surface area contributed by atoms with E-state index in [1.165, 1.54) is 44.9 Å². The zero-order chi connectivity index (χ0) is 17.1. The van der Waals surface area contributed by atoms with Gasteiger partial charge in [0.15, 0.2) is 0 Å². The lowest BCUT2D eigenvalue weighted by molar-refractivity contribution is -0.258. The SMILES string of the molecule is OC(C1CCCCC1)C1(c2ccccc2)O[C@@H]2CCCCCC[C@H]2O1. The second-order valence-corrected chi connectivity index (χ2v) is 8.18. The Hall–Kier alpha value is -0.900. The highest BCUT2D eigenvalue weighted by atomic mass is 16.8. The first-order valence-electron chi connectivity index (χ1n) is 10.4. The predicted octanol–water partition coefficient (Wildman–Crippen LogP) is 4.92. The van der Waals surface area contributed by atoms with Crippen LogP contribution in [0, 0.1) is 5.92 Å². The van der Waals surface area contributed by atoms with Gasteiger partial charge in [0.2, 0.25) is 5.79 Å². The van der Waals surface area contributed by atoms with Crippen molar-refractivity contribution in [2.45, 2.75) is 94.7 Å². The Bertz CT molecular complexity index is 521. The molecule has 3 fully saturated rings. The van der Waals surface area contributed by atoms with Crippen LogP contribution < -0.4 is 0 Å². The number of hydrogen-bond donors (Lipinski definition) is 1. The molecule has 1 heterocycles. The minimum absolute atomic E-state index is 0.124. The Morgan fingerprint density at radius 2 is 1.28 bits per heavy atom. The van der Waals surface area contributed by atoms with E-state index in [1.54, 1.807) is 0 Å². The van der Waals surface area contributed by atoms with Crippen molar-refractivity contribution in [1.29, 1.82) is 0 Å². The van der Waals surface area contributed by atoms with Gasteiger partial charge >= 0.3 is 0 Å². The van der Waals surface area contributed by atoms with Crippen molar-refractivity contribution in [3.05, 3.63) is 35.9 Å². The molecule has 1 N–H and O–H groups in total. The first-order valence-corrected chi connectivity index (χ1v) is 10.4. The summed E-state index contributed by atoms with van der Waals surface area (Å²) >= 11 is 0. The second-order valence-electron chi connectivity index (χ2n) is 8.18. The van der Waals surface area contributed by atoms with Gasteiger partial charge in [-0.1, -0.05) is 75.3 Å². The fourth-order valence-electron chi connectivity index (χ4n) is 5.04. The van der Waals surface area contributed by atoms with Crippen LogP contribution in [0.5, 0.6) is 0 Å². The molecule has 1 aromatic carbocycles. The second kappa shape index (κ2) is 7.77. The van der Waals surface area contributed by atoms with E-state index >= 15 is 0 Å². The van der Waals surface area contributed by atoms with E-state index in [-0.39, 0.29) is 18.1 Å². The number of benzene rings is 1. The van der Waals surface area contributed by atoms with Crippen LogP contribution in [0.25, 0.3) is 0 Å². The number of aliphatic hydroxyl groups is 1. The van der Waals surface area contributed by atoms with Gasteiger partial charge in [0.25, 0.3) is 0 Å². The molecule has 2 saturated carbocycles. The molecule has 1 aliphatic heterocycles. The van der Waals surface area contributed by atoms with Crippen LogP contribution in [0.15, 0.2) is 30.3 Å². The Morgan fingerprint density at radius 3 is 1.88 bits per heavy atom. The molecule has 4 rings (SSSR count). The maximum Gasteiger partial charge on any atom is 0.222 e. The molecule has 3 aliphatic rings. The molecule has 0 amide bonds. The summed E-state index contributed by atoms with van der Waals surface area (Å²) in [6.45, 7) is 0. The molecule has 1 unspecified atom stereocenters. The van der Waals surface area contributed by atoms with Crippen LogP contribution in [0.2, 0.25) is 0 Å². The maximum atomic E-state index is 11.4. The van der Waals surface area contributed by atoms with E-state index < -0.39 is 11.9 Å². The highest BCUT2D eigenvalue weighted by Gasteiger charge is 2.55. The molecule has 3 nitrogen and oxygen atoms in total. The molecule has 0 bridgehead atoms. The first kappa shape index (κ1) is 17.5. The number of fused-ring (bicyclic) bond motifs is 1. The minimum Gasteiger partial charge on any atom is -0.387 e. The Kier molecular flexibility index (Phi) is 5.44. The summed E-state index contributed by atoms with van der Waals surface area (Å²) in [6.07, 6.45) is 12.6. The smallest absolute Gasteiger partial charge is 0.222 e. The fourth-order valence-corrected chi connectivity index (χ4v) is 5.04. The lowest BCUT2D eigenvalue weighted by Crippen LogP contribution is -2.46. The van der Waals surface area contributed by atoms with Gasteiger partial charge in [-0.15, -0.1) is 0 Å². The molecule has 0 radical (unpaired) electrons. The van der Waals surface area contributed by atoms with E-state index in [9.17, 15) is 5.11 Å². The van der Waals surface area contributed by atoms with Gasteiger partial charge in [-0.05, 0) is 31.6 Å². The van der Waals surface area contributed by atoms with E-state index in [2.05, 4.69) is 12.1 Å². The summed E-state index contributed by atoms with van der Waals surface area (Å²) in [6, 6.07) is 10.2. The number of hydrogen-bond acceptors (Lipinski definition) is 3. The summed E-state index contributed by atoms with van der Waals surface area (Å²) in [7, 11) is 0. The molecule has 25 heavy (non-hydrogen) atoms. The van der Waals surface area contributed by atoms with Crippen molar-refractivity contribution in [1.82, 2.24) is 0 Å². The van der Waals surface area contributed by atoms with Crippen molar-refractivity contribution in [2.24, 2.45) is 5.92 Å². The van der Waals surface area contributed by atoms with Crippen LogP contribution in [-0.4, -0.2) is 23.4 Å². The lowest BCUT2D eigenvalue weighted by atomic mass is 9.80. The molecular formula is C22H32O3. The molecule has 2 aliphatic carbocycles. The highest BCUT2D eigenvalue weighted by Crippen LogP contribution is 2.47. The molecule has 3 heteroatoms. The number of aliphatic hydroxyl groups excluding tert-OH is 1. The normalized spacial score (nSPS) is 31.7. The summed E-state index contributed by atoms with van der Waals surface area (Å²) in [5.74, 6) is -0.693. The topological polar surface area (TPSA) is 38.7 Å². The van der Waals surface area contributed by atoms with Gasteiger partial charge in [-0.3, -0.25) is 0 Å². The van der Waals surface area contributed by atoms with Gasteiger partial charge < -0.3 is 14.6 Å². The average molecular weight is 344 g/mol. The summed E-state index contributed by atoms with van der Waals surface area (Å²) < 4.78 is 13.2. The summed E-state index contributed by atoms with van der Waals surface area (Å²) in [5, 5.41) is 11.4. The number of ether oxygens (including phenoxy) is 2. The summed E-state index contributed by atoms with van der Waals surface area (Å²) in [4.78, 5) is 0. The Balaban J connectivity index is 1.65. The monoisotopic (exact) mass is 344 g/mol. The number of rotatable bonds is 3. The van der Waals surface area contributed by atoms with E-state index in [0.717, 1.165) is 31.2 Å². The zero-order valence-corrected chi connectivity index (χ0v) is 15.2. The van der Waals surface area contributed by atoms with Crippen molar-refractivity contribution < 1.29 is 14.6 Å². The predicted molar refractivity (Wildman–Crippen MR) is 98.1 cm³/mol. The quantitative estimate of drug-likeness (QED) is 0.846. The van der Waals surface area contributed by atoms with Crippen LogP contribution in [0.4, 0.5) is 0 Å².